The van der Waals surface area contributed by atoms with E-state index in [1.54, 1.807) is 13.3 Å². The number of nitrogens with two attached hydrogens (primary N) is 1. The summed E-state index contributed by atoms with van der Waals surface area (Å²) in [5, 5.41) is 1.11. The summed E-state index contributed by atoms with van der Waals surface area (Å²) in [7, 11) is 1.66. The van der Waals surface area contributed by atoms with Crippen molar-refractivity contribution in [1.29, 1.82) is 0 Å². The van der Waals surface area contributed by atoms with Gasteiger partial charge in [-0.1, -0.05) is 6.07 Å². The van der Waals surface area contributed by atoms with E-state index in [1.165, 1.54) is 5.56 Å². The molecular formula is C13H16N2O. The van der Waals surface area contributed by atoms with Gasteiger partial charge in [-0.3, -0.25) is 4.98 Å². The Morgan fingerprint density at radius 3 is 2.69 bits per heavy atom. The minimum absolute atomic E-state index is 0.00342. The maximum absolute atomic E-state index is 5.97. The molecule has 0 radical (unpaired) electrons. The zero-order chi connectivity index (χ0) is 11.7. The monoisotopic (exact) mass is 216 g/mol. The highest BCUT2D eigenvalue weighted by molar-refractivity contribution is 5.90. The van der Waals surface area contributed by atoms with Gasteiger partial charge in [-0.15, -0.1) is 0 Å². The van der Waals surface area contributed by atoms with Gasteiger partial charge in [0.05, 0.1) is 7.11 Å². The first-order valence-electron chi connectivity index (χ1n) is 5.33. The molecule has 3 heteroatoms. The van der Waals surface area contributed by atoms with E-state index in [0.717, 1.165) is 22.2 Å². The zero-order valence-electron chi connectivity index (χ0n) is 9.82. The predicted octanol–water partition coefficient (Wildman–Crippen LogP) is 2.57. The van der Waals surface area contributed by atoms with Crippen molar-refractivity contribution in [1.82, 2.24) is 4.98 Å². The first-order valence-corrected chi connectivity index (χ1v) is 5.33. The van der Waals surface area contributed by atoms with Crippen molar-refractivity contribution in [3.05, 3.63) is 35.5 Å². The molecule has 2 N–H and O–H groups in total. The van der Waals surface area contributed by atoms with Crippen molar-refractivity contribution in [2.75, 3.05) is 7.11 Å². The van der Waals surface area contributed by atoms with E-state index in [-0.39, 0.29) is 6.04 Å². The Morgan fingerprint density at radius 1 is 1.31 bits per heavy atom. The number of hydrogen-bond donors (Lipinski definition) is 1. The lowest BCUT2D eigenvalue weighted by atomic mass is 9.99. The van der Waals surface area contributed by atoms with Gasteiger partial charge in [0, 0.05) is 17.6 Å². The highest BCUT2D eigenvalue weighted by atomic mass is 16.5. The Hall–Kier alpha value is -1.61. The highest BCUT2D eigenvalue weighted by Crippen LogP contribution is 2.31. The summed E-state index contributed by atoms with van der Waals surface area (Å²) < 4.78 is 5.31. The standard InChI is InChI=1S/C13H16N2O/c1-8-6-7-15-13-11(16-3)5-4-10(9(2)14)12(8)13/h4-7,9H,14H2,1-3H3. The Morgan fingerprint density at radius 2 is 2.06 bits per heavy atom. The summed E-state index contributed by atoms with van der Waals surface area (Å²) in [5.41, 5.74) is 9.15. The number of benzene rings is 1. The maximum Gasteiger partial charge on any atom is 0.145 e. The largest absolute Gasteiger partial charge is 0.494 e. The Bertz CT molecular complexity index is 521. The summed E-state index contributed by atoms with van der Waals surface area (Å²) in [4.78, 5) is 4.38. The number of aryl methyl sites for hydroxylation is 1. The molecule has 84 valence electrons. The van der Waals surface area contributed by atoms with Gasteiger partial charge in [-0.25, -0.2) is 0 Å². The number of nitrogens with zero attached hydrogens (tertiary/aromatic N) is 1. The van der Waals surface area contributed by atoms with Crippen molar-refractivity contribution < 1.29 is 4.74 Å². The van der Waals surface area contributed by atoms with Crippen LogP contribution < -0.4 is 10.5 Å². The average Bonchev–Trinajstić information content (AvgIpc) is 2.28. The molecule has 0 spiro atoms. The van der Waals surface area contributed by atoms with Crippen LogP contribution in [0.2, 0.25) is 0 Å². The number of fused-ring (bicyclic) bond motifs is 1. The molecule has 0 amide bonds. The first-order chi connectivity index (χ1) is 7.65. The predicted molar refractivity (Wildman–Crippen MR) is 65.6 cm³/mol. The van der Waals surface area contributed by atoms with E-state index in [2.05, 4.69) is 11.9 Å². The Balaban J connectivity index is 2.86. The number of hydrogen-bond acceptors (Lipinski definition) is 3. The molecule has 0 saturated heterocycles. The van der Waals surface area contributed by atoms with Crippen molar-refractivity contribution >= 4 is 10.9 Å². The lowest BCUT2D eigenvalue weighted by Crippen LogP contribution is -2.06. The summed E-state index contributed by atoms with van der Waals surface area (Å²) >= 11 is 0. The van der Waals surface area contributed by atoms with E-state index in [1.807, 2.05) is 25.1 Å². The molecule has 1 aromatic carbocycles. The molecule has 0 aliphatic carbocycles. The fraction of sp³-hybridized carbons (Fsp3) is 0.308. The third kappa shape index (κ3) is 1.63. The first kappa shape index (κ1) is 10.9. The van der Waals surface area contributed by atoms with Gasteiger partial charge in [0.15, 0.2) is 0 Å². The van der Waals surface area contributed by atoms with Gasteiger partial charge in [-0.05, 0) is 37.1 Å². The molecule has 2 aromatic rings. The van der Waals surface area contributed by atoms with Gasteiger partial charge >= 0.3 is 0 Å². The third-order valence-electron chi connectivity index (χ3n) is 2.81. The molecule has 0 bridgehead atoms. The third-order valence-corrected chi connectivity index (χ3v) is 2.81. The average molecular weight is 216 g/mol. The molecule has 0 aliphatic heterocycles. The fourth-order valence-electron chi connectivity index (χ4n) is 1.98. The van der Waals surface area contributed by atoms with Crippen LogP contribution in [0.15, 0.2) is 24.4 Å². The zero-order valence-corrected chi connectivity index (χ0v) is 9.82. The van der Waals surface area contributed by atoms with Crippen LogP contribution >= 0.6 is 0 Å². The van der Waals surface area contributed by atoms with E-state index < -0.39 is 0 Å². The van der Waals surface area contributed by atoms with Crippen LogP contribution in [0.4, 0.5) is 0 Å². The van der Waals surface area contributed by atoms with Crippen LogP contribution in [-0.4, -0.2) is 12.1 Å². The molecule has 0 fully saturated rings. The molecule has 1 aromatic heterocycles. The summed E-state index contributed by atoms with van der Waals surface area (Å²) in [6.07, 6.45) is 1.80. The van der Waals surface area contributed by atoms with Gasteiger partial charge in [0.2, 0.25) is 0 Å². The quantitative estimate of drug-likeness (QED) is 0.839. The van der Waals surface area contributed by atoms with Crippen LogP contribution in [-0.2, 0) is 0 Å². The van der Waals surface area contributed by atoms with Gasteiger partial charge in [-0.2, -0.15) is 0 Å². The Kier molecular flexibility index (Phi) is 2.79. The van der Waals surface area contributed by atoms with Crippen LogP contribution in [0.1, 0.15) is 24.1 Å². The van der Waals surface area contributed by atoms with Crippen LogP contribution in [0, 0.1) is 6.92 Å². The van der Waals surface area contributed by atoms with Gasteiger partial charge < -0.3 is 10.5 Å². The number of rotatable bonds is 2. The summed E-state index contributed by atoms with van der Waals surface area (Å²) in [6, 6.07) is 5.93. The van der Waals surface area contributed by atoms with E-state index in [0.29, 0.717) is 0 Å². The van der Waals surface area contributed by atoms with Crippen LogP contribution in [0.5, 0.6) is 5.75 Å². The summed E-state index contributed by atoms with van der Waals surface area (Å²) in [6.45, 7) is 4.04. The van der Waals surface area contributed by atoms with Gasteiger partial charge in [0.25, 0.3) is 0 Å². The van der Waals surface area contributed by atoms with E-state index in [9.17, 15) is 0 Å². The molecule has 16 heavy (non-hydrogen) atoms. The minimum Gasteiger partial charge on any atom is -0.494 e. The summed E-state index contributed by atoms with van der Waals surface area (Å²) in [5.74, 6) is 0.795. The molecule has 0 aliphatic rings. The lowest BCUT2D eigenvalue weighted by Gasteiger charge is -2.14. The second-order valence-corrected chi connectivity index (χ2v) is 4.00. The SMILES string of the molecule is COc1ccc(C(C)N)c2c(C)ccnc12. The smallest absolute Gasteiger partial charge is 0.145 e. The number of aromatic nitrogens is 1. The van der Waals surface area contributed by atoms with Crippen molar-refractivity contribution in [3.63, 3.8) is 0 Å². The van der Waals surface area contributed by atoms with Crippen molar-refractivity contribution in [2.24, 2.45) is 5.73 Å². The van der Waals surface area contributed by atoms with E-state index in [4.69, 9.17) is 10.5 Å². The normalized spacial score (nSPS) is 12.8. The molecule has 0 saturated carbocycles. The molecule has 1 unspecified atom stereocenters. The van der Waals surface area contributed by atoms with Gasteiger partial charge in [0.1, 0.15) is 11.3 Å². The number of ether oxygens (including phenoxy) is 1. The molecule has 1 atom stereocenters. The second kappa shape index (κ2) is 4.10. The maximum atomic E-state index is 5.97. The van der Waals surface area contributed by atoms with Crippen molar-refractivity contribution in [3.8, 4) is 5.75 Å². The van der Waals surface area contributed by atoms with Crippen LogP contribution in [0.25, 0.3) is 10.9 Å². The second-order valence-electron chi connectivity index (χ2n) is 4.00. The number of methoxy groups -OCH3 is 1. The topological polar surface area (TPSA) is 48.1 Å². The molecule has 2 rings (SSSR count). The van der Waals surface area contributed by atoms with E-state index >= 15 is 0 Å². The minimum atomic E-state index is -0.00342. The van der Waals surface area contributed by atoms with Crippen molar-refractivity contribution in [2.45, 2.75) is 19.9 Å². The molecular weight excluding hydrogens is 200 g/mol. The number of pyridine rings is 1. The Labute approximate surface area is 95.2 Å². The van der Waals surface area contributed by atoms with Crippen LogP contribution in [0.3, 0.4) is 0 Å². The highest BCUT2D eigenvalue weighted by Gasteiger charge is 2.11. The fourth-order valence-corrected chi connectivity index (χ4v) is 1.98. The molecule has 1 heterocycles. The lowest BCUT2D eigenvalue weighted by molar-refractivity contribution is 0.418. The molecule has 3 nitrogen and oxygen atoms in total.